The van der Waals surface area contributed by atoms with Crippen LogP contribution in [0.15, 0.2) is 0 Å². The maximum Gasteiger partial charge on any atom is 0.218 e. The van der Waals surface area contributed by atoms with Gasteiger partial charge in [-0.15, -0.1) is 0 Å². The lowest BCUT2D eigenvalue weighted by molar-refractivity contribution is -0.168. The smallest absolute Gasteiger partial charge is 0.218 e. The lowest BCUT2D eigenvalue weighted by Crippen LogP contribution is -2.31. The number of Topliss-reactive ketones (excluding diaryl/α,β-unsaturated/α-hetero) is 2. The molecule has 0 aromatic carbocycles. The lowest BCUT2D eigenvalue weighted by Gasteiger charge is -2.15. The van der Waals surface area contributed by atoms with Crippen molar-refractivity contribution in [2.45, 2.75) is 33.0 Å². The largest absolute Gasteiger partial charge is 0.381 e. The van der Waals surface area contributed by atoms with Crippen molar-refractivity contribution in [2.75, 3.05) is 26.4 Å². The zero-order chi connectivity index (χ0) is 12.7. The molecule has 0 aliphatic carbocycles. The van der Waals surface area contributed by atoms with Gasteiger partial charge in [0.2, 0.25) is 6.29 Å². The molecule has 0 spiro atoms. The normalized spacial score (nSPS) is 19.8. The van der Waals surface area contributed by atoms with Crippen LogP contribution in [-0.4, -0.2) is 44.3 Å². The standard InChI is InChI=1S/C12H20O5/c1-3-16-12(17-4-2)11(14)7-10(13)9-5-6-15-8-9/h9,12H,3-8H2,1-2H3. The Kier molecular flexibility index (Phi) is 6.32. The number of carbonyl (C=O) groups is 2. The van der Waals surface area contributed by atoms with Crippen molar-refractivity contribution >= 4 is 11.6 Å². The number of rotatable bonds is 8. The first-order valence-electron chi connectivity index (χ1n) is 6.05. The van der Waals surface area contributed by atoms with Gasteiger partial charge in [0.25, 0.3) is 0 Å². The molecule has 0 aromatic rings. The van der Waals surface area contributed by atoms with E-state index in [0.29, 0.717) is 32.8 Å². The number of ketones is 2. The van der Waals surface area contributed by atoms with Crippen LogP contribution in [0, 0.1) is 5.92 Å². The molecule has 1 atom stereocenters. The first-order valence-corrected chi connectivity index (χ1v) is 6.05. The Morgan fingerprint density at radius 3 is 2.41 bits per heavy atom. The van der Waals surface area contributed by atoms with Crippen molar-refractivity contribution in [3.05, 3.63) is 0 Å². The summed E-state index contributed by atoms with van der Waals surface area (Å²) in [6.45, 7) is 5.37. The highest BCUT2D eigenvalue weighted by Crippen LogP contribution is 2.16. The van der Waals surface area contributed by atoms with Crippen LogP contribution in [0.4, 0.5) is 0 Å². The molecule has 1 rings (SSSR count). The Balaban J connectivity index is 2.41. The SMILES string of the molecule is CCOC(OCC)C(=O)CC(=O)C1CCOC1. The Bertz CT molecular complexity index is 252. The zero-order valence-electron chi connectivity index (χ0n) is 10.4. The molecule has 0 saturated carbocycles. The average Bonchev–Trinajstić information content (AvgIpc) is 2.82. The highest BCUT2D eigenvalue weighted by molar-refractivity contribution is 6.01. The van der Waals surface area contributed by atoms with E-state index in [1.165, 1.54) is 0 Å². The van der Waals surface area contributed by atoms with Crippen molar-refractivity contribution < 1.29 is 23.8 Å². The molecule has 17 heavy (non-hydrogen) atoms. The van der Waals surface area contributed by atoms with Crippen LogP contribution >= 0.6 is 0 Å². The molecular weight excluding hydrogens is 224 g/mol. The number of ether oxygens (including phenoxy) is 3. The molecule has 0 N–H and O–H groups in total. The predicted octanol–water partition coefficient (Wildman–Crippen LogP) is 0.950. The summed E-state index contributed by atoms with van der Waals surface area (Å²) in [7, 11) is 0. The topological polar surface area (TPSA) is 61.8 Å². The third kappa shape index (κ3) is 4.53. The quantitative estimate of drug-likeness (QED) is 0.470. The number of hydrogen-bond acceptors (Lipinski definition) is 5. The molecule has 1 saturated heterocycles. The second-order valence-corrected chi connectivity index (χ2v) is 3.91. The van der Waals surface area contributed by atoms with E-state index in [1.54, 1.807) is 13.8 Å². The molecule has 0 bridgehead atoms. The summed E-state index contributed by atoms with van der Waals surface area (Å²) < 4.78 is 15.4. The zero-order valence-corrected chi connectivity index (χ0v) is 10.4. The molecule has 5 heteroatoms. The summed E-state index contributed by atoms with van der Waals surface area (Å²) in [6.07, 6.45) is -0.324. The van der Waals surface area contributed by atoms with Crippen molar-refractivity contribution in [1.29, 1.82) is 0 Å². The van der Waals surface area contributed by atoms with Gasteiger partial charge in [-0.25, -0.2) is 0 Å². The summed E-state index contributed by atoms with van der Waals surface area (Å²) in [5, 5.41) is 0. The maximum atomic E-state index is 11.8. The molecule has 1 aliphatic heterocycles. The molecular formula is C12H20O5. The van der Waals surface area contributed by atoms with Crippen molar-refractivity contribution in [1.82, 2.24) is 0 Å². The van der Waals surface area contributed by atoms with Gasteiger partial charge in [0.1, 0.15) is 5.78 Å². The first-order chi connectivity index (χ1) is 8.19. The summed E-state index contributed by atoms with van der Waals surface area (Å²) in [5.74, 6) is -0.509. The van der Waals surface area contributed by atoms with Crippen LogP contribution in [0.1, 0.15) is 26.7 Å². The molecule has 1 aliphatic rings. The Morgan fingerprint density at radius 1 is 1.29 bits per heavy atom. The van der Waals surface area contributed by atoms with Gasteiger partial charge in [0.05, 0.1) is 13.0 Å². The highest BCUT2D eigenvalue weighted by Gasteiger charge is 2.28. The van der Waals surface area contributed by atoms with Crippen molar-refractivity contribution in [3.63, 3.8) is 0 Å². The molecule has 1 fully saturated rings. The second-order valence-electron chi connectivity index (χ2n) is 3.91. The lowest BCUT2D eigenvalue weighted by atomic mass is 9.99. The Morgan fingerprint density at radius 2 is 1.94 bits per heavy atom. The van der Waals surface area contributed by atoms with Gasteiger partial charge in [-0.1, -0.05) is 0 Å². The van der Waals surface area contributed by atoms with Gasteiger partial charge in [-0.05, 0) is 20.3 Å². The summed E-state index contributed by atoms with van der Waals surface area (Å²) in [5.41, 5.74) is 0. The minimum Gasteiger partial charge on any atom is -0.381 e. The summed E-state index contributed by atoms with van der Waals surface area (Å²) >= 11 is 0. The fourth-order valence-corrected chi connectivity index (χ4v) is 1.72. The van der Waals surface area contributed by atoms with Crippen LogP contribution in [0.2, 0.25) is 0 Å². The third-order valence-corrected chi connectivity index (χ3v) is 2.63. The molecule has 1 heterocycles. The second kappa shape index (κ2) is 7.53. The van der Waals surface area contributed by atoms with E-state index in [1.807, 2.05) is 0 Å². The van der Waals surface area contributed by atoms with E-state index in [2.05, 4.69) is 0 Å². The molecule has 1 unspecified atom stereocenters. The fourth-order valence-electron chi connectivity index (χ4n) is 1.72. The monoisotopic (exact) mass is 244 g/mol. The van der Waals surface area contributed by atoms with Gasteiger partial charge in [0.15, 0.2) is 5.78 Å². The summed E-state index contributed by atoms with van der Waals surface area (Å²) in [6, 6.07) is 0. The van der Waals surface area contributed by atoms with Crippen LogP contribution in [0.5, 0.6) is 0 Å². The van der Waals surface area contributed by atoms with Crippen molar-refractivity contribution in [3.8, 4) is 0 Å². The van der Waals surface area contributed by atoms with E-state index >= 15 is 0 Å². The minimum atomic E-state index is -0.906. The fraction of sp³-hybridized carbons (Fsp3) is 0.833. The summed E-state index contributed by atoms with van der Waals surface area (Å²) in [4.78, 5) is 23.5. The number of carbonyl (C=O) groups excluding carboxylic acids is 2. The molecule has 0 amide bonds. The van der Waals surface area contributed by atoms with E-state index in [-0.39, 0.29) is 23.9 Å². The Labute approximate surface area is 101 Å². The van der Waals surface area contributed by atoms with Gasteiger partial charge >= 0.3 is 0 Å². The maximum absolute atomic E-state index is 11.8. The van der Waals surface area contributed by atoms with Gasteiger partial charge in [0, 0.05) is 25.7 Å². The molecule has 98 valence electrons. The van der Waals surface area contributed by atoms with E-state index in [4.69, 9.17) is 14.2 Å². The van der Waals surface area contributed by atoms with Crippen molar-refractivity contribution in [2.24, 2.45) is 5.92 Å². The van der Waals surface area contributed by atoms with Gasteiger partial charge in [-0.2, -0.15) is 0 Å². The Hall–Kier alpha value is -0.780. The first kappa shape index (κ1) is 14.3. The third-order valence-electron chi connectivity index (χ3n) is 2.63. The van der Waals surface area contributed by atoms with Crippen LogP contribution in [-0.2, 0) is 23.8 Å². The van der Waals surface area contributed by atoms with Crippen LogP contribution in [0.3, 0.4) is 0 Å². The predicted molar refractivity (Wildman–Crippen MR) is 60.6 cm³/mol. The molecule has 5 nitrogen and oxygen atoms in total. The van der Waals surface area contributed by atoms with Gasteiger partial charge in [-0.3, -0.25) is 9.59 Å². The van der Waals surface area contributed by atoms with E-state index < -0.39 is 6.29 Å². The molecule has 0 aromatic heterocycles. The molecule has 0 radical (unpaired) electrons. The minimum absolute atomic E-state index is 0.0723. The van der Waals surface area contributed by atoms with Gasteiger partial charge < -0.3 is 14.2 Å². The van der Waals surface area contributed by atoms with Crippen LogP contribution < -0.4 is 0 Å². The average molecular weight is 244 g/mol. The van der Waals surface area contributed by atoms with E-state index in [0.717, 1.165) is 0 Å². The van der Waals surface area contributed by atoms with Crippen LogP contribution in [0.25, 0.3) is 0 Å². The number of hydrogen-bond donors (Lipinski definition) is 0. The van der Waals surface area contributed by atoms with E-state index in [9.17, 15) is 9.59 Å². The highest BCUT2D eigenvalue weighted by atomic mass is 16.7.